The molecule has 0 aliphatic heterocycles. The van der Waals surface area contributed by atoms with E-state index in [1.165, 1.54) is 18.9 Å². The first-order valence-corrected chi connectivity index (χ1v) is 9.95. The Morgan fingerprint density at radius 2 is 1.85 bits per heavy atom. The average molecular weight is 392 g/mol. The summed E-state index contributed by atoms with van der Waals surface area (Å²) in [6.07, 6.45) is 0.609. The van der Waals surface area contributed by atoms with Crippen LogP contribution in [-0.4, -0.2) is 75.3 Å². The summed E-state index contributed by atoms with van der Waals surface area (Å²) in [5, 5.41) is 0. The van der Waals surface area contributed by atoms with Gasteiger partial charge < -0.3 is 19.1 Å². The second-order valence-corrected chi connectivity index (χ2v) is 7.84. The number of likely N-dealkylation sites (N-methyl/N-ethyl adjacent to an activating group) is 1. The summed E-state index contributed by atoms with van der Waals surface area (Å²) in [5.74, 6) is -0.356. The van der Waals surface area contributed by atoms with Crippen LogP contribution in [0.5, 0.6) is 0 Å². The number of carbonyl (C=O) groups excluding carboxylic acids is 3. The largest absolute Gasteiger partial charge is 0.469 e. The van der Waals surface area contributed by atoms with Gasteiger partial charge in [-0.15, -0.1) is 0 Å². The van der Waals surface area contributed by atoms with E-state index in [1.54, 1.807) is 20.8 Å². The third-order valence-corrected chi connectivity index (χ3v) is 5.14. The number of carbonyl (C=O) groups is 3. The van der Waals surface area contributed by atoms with Crippen LogP contribution in [-0.2, 0) is 28.6 Å². The van der Waals surface area contributed by atoms with E-state index in [2.05, 4.69) is 4.74 Å². The lowest BCUT2D eigenvalue weighted by Gasteiger charge is -2.29. The lowest BCUT2D eigenvalue weighted by atomic mass is 9.83. The maximum Gasteiger partial charge on any atom is 0.312 e. The third kappa shape index (κ3) is 10.0. The topological polar surface area (TPSA) is 82.1 Å². The summed E-state index contributed by atoms with van der Waals surface area (Å²) in [6.45, 7) is 6.53. The van der Waals surface area contributed by atoms with E-state index in [0.29, 0.717) is 37.7 Å². The van der Waals surface area contributed by atoms with Crippen LogP contribution < -0.4 is 0 Å². The van der Waals surface area contributed by atoms with Crippen molar-refractivity contribution in [2.24, 2.45) is 11.3 Å². The highest BCUT2D eigenvalue weighted by Crippen LogP contribution is 2.32. The predicted molar refractivity (Wildman–Crippen MR) is 102 cm³/mol. The molecule has 0 aromatic rings. The summed E-state index contributed by atoms with van der Waals surface area (Å²) in [4.78, 5) is 37.8. The summed E-state index contributed by atoms with van der Waals surface area (Å²) in [5.41, 5.74) is -0.834. The number of nitrogens with zero attached hydrogens (tertiary/aromatic N) is 1. The minimum atomic E-state index is -0.834. The summed E-state index contributed by atoms with van der Waals surface area (Å²) in [6, 6.07) is 0. The van der Waals surface area contributed by atoms with E-state index in [4.69, 9.17) is 9.47 Å². The maximum atomic E-state index is 12.6. The fourth-order valence-corrected chi connectivity index (χ4v) is 3.44. The first kappa shape index (κ1) is 24.7. The highest BCUT2D eigenvalue weighted by Gasteiger charge is 2.38. The maximum absolute atomic E-state index is 12.6. The molecule has 0 bridgehead atoms. The standard InChI is InChI=1S/C18H33NO6S/c1-7-24-16(21)14(2)12-18(3,13-26-11-8-15(20)23-6)17(22)25-10-9-19(4)5/h14H,7-13H2,1-6H3. The molecule has 0 radical (unpaired) electrons. The molecule has 0 aliphatic rings. The Balaban J connectivity index is 4.85. The molecule has 0 aromatic heterocycles. The van der Waals surface area contributed by atoms with Gasteiger partial charge in [-0.05, 0) is 34.4 Å². The minimum absolute atomic E-state index is 0.278. The van der Waals surface area contributed by atoms with E-state index >= 15 is 0 Å². The molecule has 0 aromatic carbocycles. The van der Waals surface area contributed by atoms with Crippen LogP contribution in [0.4, 0.5) is 0 Å². The number of thioether (sulfide) groups is 1. The molecular formula is C18H33NO6S. The van der Waals surface area contributed by atoms with Crippen molar-refractivity contribution < 1.29 is 28.6 Å². The number of ether oxygens (including phenoxy) is 3. The molecule has 2 atom stereocenters. The Kier molecular flexibility index (Phi) is 12.3. The van der Waals surface area contributed by atoms with Crippen LogP contribution in [0.15, 0.2) is 0 Å². The van der Waals surface area contributed by atoms with E-state index in [0.717, 1.165) is 0 Å². The number of rotatable bonds is 13. The molecule has 7 nitrogen and oxygen atoms in total. The van der Waals surface area contributed by atoms with Crippen molar-refractivity contribution in [3.63, 3.8) is 0 Å². The van der Waals surface area contributed by atoms with Crippen LogP contribution in [0.2, 0.25) is 0 Å². The quantitative estimate of drug-likeness (QED) is 0.268. The van der Waals surface area contributed by atoms with Gasteiger partial charge in [0.15, 0.2) is 0 Å². The molecule has 0 aliphatic carbocycles. The zero-order valence-corrected chi connectivity index (χ0v) is 17.6. The highest BCUT2D eigenvalue weighted by molar-refractivity contribution is 7.99. The van der Waals surface area contributed by atoms with Crippen molar-refractivity contribution in [3.8, 4) is 0 Å². The number of esters is 3. The van der Waals surface area contributed by atoms with E-state index in [1.807, 2.05) is 19.0 Å². The first-order chi connectivity index (χ1) is 12.2. The molecule has 8 heteroatoms. The minimum Gasteiger partial charge on any atom is -0.469 e. The molecule has 0 saturated heterocycles. The molecule has 152 valence electrons. The molecule has 0 spiro atoms. The molecule has 2 unspecified atom stereocenters. The van der Waals surface area contributed by atoms with Gasteiger partial charge >= 0.3 is 17.9 Å². The van der Waals surface area contributed by atoms with Crippen LogP contribution in [0, 0.1) is 11.3 Å². The Bertz CT molecular complexity index is 457. The molecule has 0 fully saturated rings. The molecule has 0 saturated carbocycles. The van der Waals surface area contributed by atoms with Crippen LogP contribution in [0.3, 0.4) is 0 Å². The van der Waals surface area contributed by atoms with Gasteiger partial charge in [0, 0.05) is 18.1 Å². The Hall–Kier alpha value is -1.28. The molecule has 26 heavy (non-hydrogen) atoms. The van der Waals surface area contributed by atoms with Crippen LogP contribution in [0.25, 0.3) is 0 Å². The second kappa shape index (κ2) is 13.0. The molecule has 0 amide bonds. The highest BCUT2D eigenvalue weighted by atomic mass is 32.2. The Morgan fingerprint density at radius 1 is 1.19 bits per heavy atom. The van der Waals surface area contributed by atoms with Crippen molar-refractivity contribution >= 4 is 29.7 Å². The molecular weight excluding hydrogens is 358 g/mol. The lowest BCUT2D eigenvalue weighted by molar-refractivity contribution is -0.157. The Morgan fingerprint density at radius 3 is 2.38 bits per heavy atom. The molecule has 0 rings (SSSR count). The van der Waals surface area contributed by atoms with Crippen LogP contribution in [0.1, 0.15) is 33.6 Å². The number of methoxy groups -OCH3 is 1. The molecule has 0 heterocycles. The second-order valence-electron chi connectivity index (χ2n) is 6.74. The van der Waals surface area contributed by atoms with Gasteiger partial charge in [0.05, 0.1) is 31.5 Å². The zero-order valence-electron chi connectivity index (χ0n) is 16.8. The van der Waals surface area contributed by atoms with E-state index < -0.39 is 11.3 Å². The van der Waals surface area contributed by atoms with Crippen molar-refractivity contribution in [1.82, 2.24) is 4.90 Å². The zero-order chi connectivity index (χ0) is 20.2. The fraction of sp³-hybridized carbons (Fsp3) is 0.833. The summed E-state index contributed by atoms with van der Waals surface area (Å²) >= 11 is 1.47. The summed E-state index contributed by atoms with van der Waals surface area (Å²) in [7, 11) is 5.15. The van der Waals surface area contributed by atoms with Gasteiger partial charge in [0.1, 0.15) is 6.61 Å². The van der Waals surface area contributed by atoms with Gasteiger partial charge in [-0.1, -0.05) is 6.92 Å². The third-order valence-electron chi connectivity index (χ3n) is 3.81. The lowest BCUT2D eigenvalue weighted by Crippen LogP contribution is -2.37. The number of hydrogen-bond donors (Lipinski definition) is 0. The van der Waals surface area contributed by atoms with Gasteiger partial charge in [0.25, 0.3) is 0 Å². The van der Waals surface area contributed by atoms with Crippen molar-refractivity contribution in [3.05, 3.63) is 0 Å². The normalized spacial score (nSPS) is 14.4. The summed E-state index contributed by atoms with van der Waals surface area (Å²) < 4.78 is 15.1. The van der Waals surface area contributed by atoms with Gasteiger partial charge in [-0.2, -0.15) is 11.8 Å². The van der Waals surface area contributed by atoms with E-state index in [-0.39, 0.29) is 24.3 Å². The first-order valence-electron chi connectivity index (χ1n) is 8.79. The number of hydrogen-bond acceptors (Lipinski definition) is 8. The van der Waals surface area contributed by atoms with Crippen LogP contribution >= 0.6 is 11.8 Å². The van der Waals surface area contributed by atoms with Crippen molar-refractivity contribution in [1.29, 1.82) is 0 Å². The van der Waals surface area contributed by atoms with Gasteiger partial charge in [0.2, 0.25) is 0 Å². The van der Waals surface area contributed by atoms with Gasteiger partial charge in [-0.3, -0.25) is 14.4 Å². The van der Waals surface area contributed by atoms with Gasteiger partial charge in [-0.25, -0.2) is 0 Å². The fourth-order valence-electron chi connectivity index (χ4n) is 2.29. The van der Waals surface area contributed by atoms with Crippen molar-refractivity contribution in [2.45, 2.75) is 33.6 Å². The Labute approximate surface area is 161 Å². The molecule has 0 N–H and O–H groups in total. The SMILES string of the molecule is CCOC(=O)C(C)CC(C)(CSCCC(=O)OC)C(=O)OCCN(C)C. The monoisotopic (exact) mass is 391 g/mol. The van der Waals surface area contributed by atoms with Crippen molar-refractivity contribution in [2.75, 3.05) is 52.5 Å². The smallest absolute Gasteiger partial charge is 0.312 e. The average Bonchev–Trinajstić information content (AvgIpc) is 2.58. The predicted octanol–water partition coefficient (Wildman–Crippen LogP) is 1.98. The van der Waals surface area contributed by atoms with E-state index in [9.17, 15) is 14.4 Å².